The van der Waals surface area contributed by atoms with Gasteiger partial charge in [-0.3, -0.25) is 0 Å². The number of thiophene rings is 1. The van der Waals surface area contributed by atoms with Gasteiger partial charge in [0.2, 0.25) is 6.23 Å². The van der Waals surface area contributed by atoms with Crippen molar-refractivity contribution in [2.24, 2.45) is 5.10 Å². The molecule has 2 atom stereocenters. The molecule has 1 N–H and O–H groups in total. The molecule has 0 bridgehead atoms. The number of phenolic OH excluding ortho intramolecular Hbond substituents is 1. The number of aromatic hydroxyl groups is 1. The van der Waals surface area contributed by atoms with Gasteiger partial charge < -0.3 is 9.84 Å². The number of ether oxygens (including phenoxy) is 1. The van der Waals surface area contributed by atoms with Crippen molar-refractivity contribution in [2.45, 2.75) is 18.7 Å². The lowest BCUT2D eigenvalue weighted by molar-refractivity contribution is -0.0166. The third kappa shape index (κ3) is 2.52. The van der Waals surface area contributed by atoms with Crippen LogP contribution in [0.4, 0.5) is 0 Å². The molecule has 0 saturated carbocycles. The number of hydrogen-bond acceptors (Lipinski definition) is 5. The zero-order chi connectivity index (χ0) is 17.7. The van der Waals surface area contributed by atoms with E-state index in [0.717, 1.165) is 38.4 Å². The molecule has 2 aliphatic rings. The molecule has 26 heavy (non-hydrogen) atoms. The summed E-state index contributed by atoms with van der Waals surface area (Å²) < 4.78 is 7.35. The highest BCUT2D eigenvalue weighted by Gasteiger charge is 2.41. The van der Waals surface area contributed by atoms with Crippen LogP contribution in [0.25, 0.3) is 0 Å². The fraction of sp³-hybridized carbons (Fsp3) is 0.150. The van der Waals surface area contributed by atoms with Gasteiger partial charge in [0, 0.05) is 27.4 Å². The first-order valence-electron chi connectivity index (χ1n) is 8.34. The zero-order valence-corrected chi connectivity index (χ0v) is 16.1. The molecule has 2 aromatic carbocycles. The zero-order valence-electron chi connectivity index (χ0n) is 13.7. The van der Waals surface area contributed by atoms with Gasteiger partial charge in [-0.1, -0.05) is 30.3 Å². The fourth-order valence-corrected chi connectivity index (χ4v) is 5.02. The fourth-order valence-electron chi connectivity index (χ4n) is 3.56. The summed E-state index contributed by atoms with van der Waals surface area (Å²) in [6, 6.07) is 17.7. The van der Waals surface area contributed by atoms with Crippen LogP contribution in [0.2, 0.25) is 0 Å². The van der Waals surface area contributed by atoms with Crippen molar-refractivity contribution in [1.82, 2.24) is 5.01 Å². The van der Waals surface area contributed by atoms with Crippen molar-refractivity contribution in [3.8, 4) is 11.5 Å². The number of fused-ring (bicyclic) bond motifs is 3. The van der Waals surface area contributed by atoms with E-state index in [1.54, 1.807) is 17.4 Å². The Morgan fingerprint density at radius 1 is 1.15 bits per heavy atom. The largest absolute Gasteiger partial charge is 0.507 e. The summed E-state index contributed by atoms with van der Waals surface area (Å²) in [4.78, 5) is 1.10. The van der Waals surface area contributed by atoms with Crippen LogP contribution < -0.4 is 4.74 Å². The second kappa shape index (κ2) is 6.14. The summed E-state index contributed by atoms with van der Waals surface area (Å²) in [6.07, 6.45) is 0.468. The minimum atomic E-state index is -0.269. The van der Waals surface area contributed by atoms with Gasteiger partial charge in [0.05, 0.1) is 16.6 Å². The second-order valence-corrected chi connectivity index (χ2v) is 8.20. The highest BCUT2D eigenvalue weighted by molar-refractivity contribution is 9.10. The van der Waals surface area contributed by atoms with Crippen LogP contribution in [-0.2, 0) is 0 Å². The third-order valence-electron chi connectivity index (χ3n) is 4.75. The SMILES string of the molecule is Oc1ccccc1C1=NN2[C@H](C1)c1ccccc1O[C@@H]2c1cc(Br)cs1. The van der Waals surface area contributed by atoms with Crippen LogP contribution in [0, 0.1) is 0 Å². The van der Waals surface area contributed by atoms with E-state index in [9.17, 15) is 5.11 Å². The molecule has 0 amide bonds. The molecule has 0 spiro atoms. The summed E-state index contributed by atoms with van der Waals surface area (Å²) in [5.74, 6) is 1.16. The maximum absolute atomic E-state index is 10.3. The summed E-state index contributed by atoms with van der Waals surface area (Å²) in [6.45, 7) is 0. The van der Waals surface area contributed by atoms with Crippen molar-refractivity contribution in [3.63, 3.8) is 0 Å². The van der Waals surface area contributed by atoms with Crippen molar-refractivity contribution in [1.29, 1.82) is 0 Å². The molecule has 0 unspecified atom stereocenters. The van der Waals surface area contributed by atoms with Crippen LogP contribution in [0.5, 0.6) is 11.5 Å². The number of rotatable bonds is 2. The maximum atomic E-state index is 10.3. The van der Waals surface area contributed by atoms with E-state index in [1.807, 2.05) is 41.4 Å². The lowest BCUT2D eigenvalue weighted by Crippen LogP contribution is -2.33. The Labute approximate surface area is 163 Å². The van der Waals surface area contributed by atoms with Crippen LogP contribution in [0.1, 0.15) is 34.7 Å². The number of hydrazone groups is 1. The Bertz CT molecular complexity index is 1020. The number of para-hydroxylation sites is 2. The van der Waals surface area contributed by atoms with E-state index < -0.39 is 0 Å². The molecule has 0 aliphatic carbocycles. The van der Waals surface area contributed by atoms with E-state index in [2.05, 4.69) is 33.4 Å². The molecular formula is C20H15BrN2O2S. The molecule has 0 fully saturated rings. The highest BCUT2D eigenvalue weighted by Crippen LogP contribution is 2.48. The second-order valence-electron chi connectivity index (χ2n) is 6.34. The van der Waals surface area contributed by atoms with Crippen molar-refractivity contribution >= 4 is 33.0 Å². The van der Waals surface area contributed by atoms with Crippen LogP contribution in [0.15, 0.2) is 69.6 Å². The predicted molar refractivity (Wildman–Crippen MR) is 106 cm³/mol. The van der Waals surface area contributed by atoms with Crippen molar-refractivity contribution in [3.05, 3.63) is 80.5 Å². The minimum absolute atomic E-state index is 0.0976. The Balaban J connectivity index is 1.61. The molecule has 4 nitrogen and oxygen atoms in total. The van der Waals surface area contributed by atoms with Crippen LogP contribution in [-0.4, -0.2) is 15.8 Å². The highest BCUT2D eigenvalue weighted by atomic mass is 79.9. The summed E-state index contributed by atoms with van der Waals surface area (Å²) in [5, 5.41) is 19.2. The van der Waals surface area contributed by atoms with E-state index in [0.29, 0.717) is 0 Å². The standard InChI is InChI=1S/C20H15BrN2O2S/c21-12-9-19(26-11-12)20-23-16(14-6-2-4-8-18(14)25-20)10-15(22-23)13-5-1-3-7-17(13)24/h1-9,11,16,20,24H,10H2/t16-,20-/m1/s1. The molecular weight excluding hydrogens is 412 g/mol. The van der Waals surface area contributed by atoms with Gasteiger partial charge in [0.1, 0.15) is 11.5 Å². The smallest absolute Gasteiger partial charge is 0.223 e. The third-order valence-corrected chi connectivity index (χ3v) is 6.47. The Morgan fingerprint density at radius 3 is 2.77 bits per heavy atom. The molecule has 5 rings (SSSR count). The molecule has 1 aromatic heterocycles. The first-order chi connectivity index (χ1) is 12.7. The Hall–Kier alpha value is -2.31. The Kier molecular flexibility index (Phi) is 3.76. The monoisotopic (exact) mass is 426 g/mol. The number of hydrogen-bond donors (Lipinski definition) is 1. The topological polar surface area (TPSA) is 45.1 Å². The predicted octanol–water partition coefficient (Wildman–Crippen LogP) is 5.46. The van der Waals surface area contributed by atoms with E-state index in [4.69, 9.17) is 9.84 Å². The van der Waals surface area contributed by atoms with Gasteiger partial charge in [-0.25, -0.2) is 5.01 Å². The van der Waals surface area contributed by atoms with E-state index >= 15 is 0 Å². The number of halogens is 1. The molecule has 3 heterocycles. The molecule has 0 radical (unpaired) electrons. The number of benzene rings is 2. The molecule has 130 valence electrons. The molecule has 0 saturated heterocycles. The summed E-state index contributed by atoms with van der Waals surface area (Å²) in [7, 11) is 0. The van der Waals surface area contributed by atoms with E-state index in [-0.39, 0.29) is 18.0 Å². The van der Waals surface area contributed by atoms with Crippen molar-refractivity contribution < 1.29 is 9.84 Å². The molecule has 3 aromatic rings. The van der Waals surface area contributed by atoms with Gasteiger partial charge >= 0.3 is 0 Å². The maximum Gasteiger partial charge on any atom is 0.223 e. The van der Waals surface area contributed by atoms with Crippen LogP contribution in [0.3, 0.4) is 0 Å². The van der Waals surface area contributed by atoms with Crippen molar-refractivity contribution in [2.75, 3.05) is 0 Å². The first kappa shape index (κ1) is 15.9. The van der Waals surface area contributed by atoms with Gasteiger partial charge in [-0.15, -0.1) is 11.3 Å². The van der Waals surface area contributed by atoms with Gasteiger partial charge in [0.25, 0.3) is 0 Å². The van der Waals surface area contributed by atoms with Gasteiger partial charge in [-0.05, 0) is 40.2 Å². The normalized spacial score (nSPS) is 21.0. The minimum Gasteiger partial charge on any atom is -0.507 e. The lowest BCUT2D eigenvalue weighted by atomic mass is 9.96. The average molecular weight is 427 g/mol. The van der Waals surface area contributed by atoms with Gasteiger partial charge in [0.15, 0.2) is 0 Å². The van der Waals surface area contributed by atoms with Gasteiger partial charge in [-0.2, -0.15) is 5.10 Å². The number of phenols is 1. The molecule has 2 aliphatic heterocycles. The summed E-state index contributed by atoms with van der Waals surface area (Å²) in [5.41, 5.74) is 2.80. The first-order valence-corrected chi connectivity index (χ1v) is 10.0. The average Bonchev–Trinajstić information content (AvgIpc) is 3.28. The van der Waals surface area contributed by atoms with Crippen LogP contribution >= 0.6 is 27.3 Å². The molecule has 6 heteroatoms. The Morgan fingerprint density at radius 2 is 1.96 bits per heavy atom. The lowest BCUT2D eigenvalue weighted by Gasteiger charge is -2.37. The van der Waals surface area contributed by atoms with E-state index in [1.165, 1.54) is 0 Å². The quantitative estimate of drug-likeness (QED) is 0.591. The number of nitrogens with zero attached hydrogens (tertiary/aromatic N) is 2. The summed E-state index contributed by atoms with van der Waals surface area (Å²) >= 11 is 5.18.